The maximum Gasteiger partial charge on any atom is 0.238 e. The van der Waals surface area contributed by atoms with Crippen LogP contribution in [0.25, 0.3) is 0 Å². The minimum atomic E-state index is -3.71. The minimum absolute atomic E-state index is 0.0187. The van der Waals surface area contributed by atoms with Crippen molar-refractivity contribution in [2.45, 2.75) is 31.1 Å². The number of sulfonamides is 1. The first-order valence-electron chi connectivity index (χ1n) is 4.48. The van der Waals surface area contributed by atoms with E-state index < -0.39 is 10.0 Å². The SMILES string of the molecule is CC(C)(C)c1cc(S(N)(=O)=O)ccc1O. The molecule has 0 aliphatic carbocycles. The van der Waals surface area contributed by atoms with Crippen molar-refractivity contribution >= 4 is 10.0 Å². The van der Waals surface area contributed by atoms with Gasteiger partial charge < -0.3 is 5.11 Å². The van der Waals surface area contributed by atoms with Gasteiger partial charge in [-0.15, -0.1) is 0 Å². The van der Waals surface area contributed by atoms with Gasteiger partial charge in [0.2, 0.25) is 10.0 Å². The first-order chi connectivity index (χ1) is 6.62. The molecule has 5 heteroatoms. The maximum atomic E-state index is 11.1. The molecule has 1 aromatic carbocycles. The standard InChI is InChI=1S/C10H15NO3S/c1-10(2,3)8-6-7(15(11,13)14)4-5-9(8)12/h4-6,12H,1-3H3,(H2,11,13,14). The average molecular weight is 229 g/mol. The molecule has 0 fully saturated rings. The third-order valence-corrected chi connectivity index (χ3v) is 3.02. The topological polar surface area (TPSA) is 80.4 Å². The Hall–Kier alpha value is -1.07. The number of rotatable bonds is 1. The Kier molecular flexibility index (Phi) is 2.80. The predicted molar refractivity (Wildman–Crippen MR) is 58.2 cm³/mol. The van der Waals surface area contributed by atoms with Gasteiger partial charge in [-0.25, -0.2) is 13.6 Å². The third-order valence-electron chi connectivity index (χ3n) is 2.10. The van der Waals surface area contributed by atoms with E-state index in [1.807, 2.05) is 20.8 Å². The maximum absolute atomic E-state index is 11.1. The summed E-state index contributed by atoms with van der Waals surface area (Å²) in [5.74, 6) is 0.0786. The number of phenolic OH excluding ortho intramolecular Hbond substituents is 1. The molecule has 4 nitrogen and oxygen atoms in total. The molecular formula is C10H15NO3S. The summed E-state index contributed by atoms with van der Waals surface area (Å²) < 4.78 is 22.2. The highest BCUT2D eigenvalue weighted by molar-refractivity contribution is 7.89. The molecule has 1 aromatic rings. The van der Waals surface area contributed by atoms with Gasteiger partial charge in [0.25, 0.3) is 0 Å². The van der Waals surface area contributed by atoms with E-state index in [-0.39, 0.29) is 16.1 Å². The van der Waals surface area contributed by atoms with Crippen molar-refractivity contribution in [3.05, 3.63) is 23.8 Å². The summed E-state index contributed by atoms with van der Waals surface area (Å²) in [7, 11) is -3.71. The van der Waals surface area contributed by atoms with E-state index in [1.165, 1.54) is 18.2 Å². The van der Waals surface area contributed by atoms with Gasteiger partial charge in [0.05, 0.1) is 4.90 Å². The second-order valence-electron chi connectivity index (χ2n) is 4.47. The largest absolute Gasteiger partial charge is 0.508 e. The van der Waals surface area contributed by atoms with Crippen molar-refractivity contribution in [1.29, 1.82) is 0 Å². The number of primary sulfonamides is 1. The van der Waals surface area contributed by atoms with E-state index in [9.17, 15) is 13.5 Å². The molecule has 15 heavy (non-hydrogen) atoms. The van der Waals surface area contributed by atoms with Gasteiger partial charge in [-0.3, -0.25) is 0 Å². The molecule has 0 aromatic heterocycles. The van der Waals surface area contributed by atoms with Gasteiger partial charge in [0, 0.05) is 5.56 Å². The Bertz CT molecular complexity index is 472. The van der Waals surface area contributed by atoms with E-state index in [0.717, 1.165) is 0 Å². The zero-order valence-electron chi connectivity index (χ0n) is 8.98. The summed E-state index contributed by atoms with van der Waals surface area (Å²) in [6.45, 7) is 5.65. The lowest BCUT2D eigenvalue weighted by molar-refractivity contribution is 0.445. The highest BCUT2D eigenvalue weighted by Crippen LogP contribution is 2.31. The van der Waals surface area contributed by atoms with E-state index >= 15 is 0 Å². The number of aromatic hydroxyl groups is 1. The summed E-state index contributed by atoms with van der Waals surface area (Å²) in [5.41, 5.74) is 0.235. The number of hydrogen-bond acceptors (Lipinski definition) is 3. The van der Waals surface area contributed by atoms with Crippen LogP contribution in [-0.4, -0.2) is 13.5 Å². The smallest absolute Gasteiger partial charge is 0.238 e. The summed E-state index contributed by atoms with van der Waals surface area (Å²) >= 11 is 0. The molecule has 0 unspecified atom stereocenters. The van der Waals surface area contributed by atoms with Crippen LogP contribution in [0.3, 0.4) is 0 Å². The van der Waals surface area contributed by atoms with Gasteiger partial charge in [-0.2, -0.15) is 0 Å². The third kappa shape index (κ3) is 2.70. The van der Waals surface area contributed by atoms with Gasteiger partial charge >= 0.3 is 0 Å². The normalized spacial score (nSPS) is 12.8. The second kappa shape index (κ2) is 3.50. The molecule has 0 amide bonds. The lowest BCUT2D eigenvalue weighted by Gasteiger charge is -2.20. The van der Waals surface area contributed by atoms with E-state index in [0.29, 0.717) is 5.56 Å². The predicted octanol–water partition coefficient (Wildman–Crippen LogP) is 1.34. The van der Waals surface area contributed by atoms with E-state index in [1.54, 1.807) is 0 Å². The Labute approximate surface area is 89.8 Å². The molecule has 0 heterocycles. The van der Waals surface area contributed by atoms with Crippen LogP contribution in [0.2, 0.25) is 0 Å². The number of nitrogens with two attached hydrogens (primary N) is 1. The van der Waals surface area contributed by atoms with Crippen molar-refractivity contribution < 1.29 is 13.5 Å². The Morgan fingerprint density at radius 1 is 1.27 bits per heavy atom. The molecule has 0 radical (unpaired) electrons. The van der Waals surface area contributed by atoms with E-state index in [2.05, 4.69) is 0 Å². The lowest BCUT2D eigenvalue weighted by atomic mass is 9.86. The molecule has 0 bridgehead atoms. The average Bonchev–Trinajstić information content (AvgIpc) is 2.00. The fraction of sp³-hybridized carbons (Fsp3) is 0.400. The fourth-order valence-electron chi connectivity index (χ4n) is 1.29. The zero-order valence-corrected chi connectivity index (χ0v) is 9.80. The van der Waals surface area contributed by atoms with Gasteiger partial charge in [0.15, 0.2) is 0 Å². The molecule has 0 aliphatic heterocycles. The summed E-state index contributed by atoms with van der Waals surface area (Å²) in [6, 6.07) is 4.05. The quantitative estimate of drug-likeness (QED) is 0.762. The fourth-order valence-corrected chi connectivity index (χ4v) is 1.83. The molecule has 0 saturated carbocycles. The lowest BCUT2D eigenvalue weighted by Crippen LogP contribution is -2.16. The van der Waals surface area contributed by atoms with Crippen molar-refractivity contribution in [3.63, 3.8) is 0 Å². The van der Waals surface area contributed by atoms with Crippen LogP contribution in [0.5, 0.6) is 5.75 Å². The summed E-state index contributed by atoms with van der Waals surface area (Å²) in [6.07, 6.45) is 0. The van der Waals surface area contributed by atoms with Crippen molar-refractivity contribution in [3.8, 4) is 5.75 Å². The zero-order chi connectivity index (χ0) is 11.9. The van der Waals surface area contributed by atoms with E-state index in [4.69, 9.17) is 5.14 Å². The van der Waals surface area contributed by atoms with Crippen LogP contribution in [0.15, 0.2) is 23.1 Å². The van der Waals surface area contributed by atoms with Crippen LogP contribution >= 0.6 is 0 Å². The van der Waals surface area contributed by atoms with Crippen LogP contribution in [0.4, 0.5) is 0 Å². The molecule has 1 rings (SSSR count). The summed E-state index contributed by atoms with van der Waals surface area (Å²) in [5, 5.41) is 14.6. The number of benzene rings is 1. The summed E-state index contributed by atoms with van der Waals surface area (Å²) in [4.78, 5) is 0.0187. The number of hydrogen-bond donors (Lipinski definition) is 2. The molecule has 3 N–H and O–H groups in total. The Balaban J connectivity index is 3.43. The molecule has 84 valence electrons. The molecule has 0 atom stereocenters. The highest BCUT2D eigenvalue weighted by atomic mass is 32.2. The molecular weight excluding hydrogens is 214 g/mol. The second-order valence-corrected chi connectivity index (χ2v) is 6.04. The van der Waals surface area contributed by atoms with Gasteiger partial charge in [-0.05, 0) is 23.6 Å². The van der Waals surface area contributed by atoms with Crippen LogP contribution < -0.4 is 5.14 Å². The molecule has 0 aliphatic rings. The van der Waals surface area contributed by atoms with Crippen LogP contribution in [-0.2, 0) is 15.4 Å². The number of phenols is 1. The van der Waals surface area contributed by atoms with Crippen molar-refractivity contribution in [2.24, 2.45) is 5.14 Å². The van der Waals surface area contributed by atoms with Crippen LogP contribution in [0.1, 0.15) is 26.3 Å². The Morgan fingerprint density at radius 3 is 2.20 bits per heavy atom. The first kappa shape index (κ1) is 12.0. The highest BCUT2D eigenvalue weighted by Gasteiger charge is 2.20. The molecule has 0 saturated heterocycles. The van der Waals surface area contributed by atoms with Crippen molar-refractivity contribution in [1.82, 2.24) is 0 Å². The Morgan fingerprint density at radius 2 is 1.80 bits per heavy atom. The minimum Gasteiger partial charge on any atom is -0.508 e. The van der Waals surface area contributed by atoms with Gasteiger partial charge in [0.1, 0.15) is 5.75 Å². The molecule has 0 spiro atoms. The first-order valence-corrected chi connectivity index (χ1v) is 6.03. The van der Waals surface area contributed by atoms with Crippen LogP contribution in [0, 0.1) is 0 Å². The van der Waals surface area contributed by atoms with Crippen molar-refractivity contribution in [2.75, 3.05) is 0 Å². The van der Waals surface area contributed by atoms with Gasteiger partial charge in [-0.1, -0.05) is 20.8 Å². The monoisotopic (exact) mass is 229 g/mol.